The Bertz CT molecular complexity index is 347. The van der Waals surface area contributed by atoms with Crippen molar-refractivity contribution in [2.24, 2.45) is 0 Å². The molecule has 15 heavy (non-hydrogen) atoms. The highest BCUT2D eigenvalue weighted by molar-refractivity contribution is 5.31. The van der Waals surface area contributed by atoms with Crippen LogP contribution in [-0.2, 0) is 6.42 Å². The number of halogens is 3. The molecule has 6 heteroatoms. The Morgan fingerprint density at radius 3 is 2.40 bits per heavy atom. The van der Waals surface area contributed by atoms with E-state index in [2.05, 4.69) is 9.97 Å². The Morgan fingerprint density at radius 2 is 1.93 bits per heavy atom. The molecule has 1 aromatic rings. The normalized spacial score (nSPS) is 12.1. The van der Waals surface area contributed by atoms with Crippen LogP contribution in [-0.4, -0.2) is 16.1 Å². The predicted molar refractivity (Wildman–Crippen MR) is 50.3 cm³/mol. The molecule has 0 radical (unpaired) electrons. The summed E-state index contributed by atoms with van der Waals surface area (Å²) < 4.78 is 36.3. The first kappa shape index (κ1) is 11.7. The van der Waals surface area contributed by atoms with Gasteiger partial charge in [-0.1, -0.05) is 13.8 Å². The minimum Gasteiger partial charge on any atom is -0.384 e. The summed E-state index contributed by atoms with van der Waals surface area (Å²) in [6.07, 6.45) is -5.44. The molecule has 0 atom stereocenters. The number of alkyl halides is 3. The van der Waals surface area contributed by atoms with Crippen LogP contribution in [0.4, 0.5) is 19.0 Å². The minimum absolute atomic E-state index is 0.0299. The van der Waals surface area contributed by atoms with Gasteiger partial charge in [0.25, 0.3) is 0 Å². The van der Waals surface area contributed by atoms with Crippen molar-refractivity contribution in [1.82, 2.24) is 9.97 Å². The van der Waals surface area contributed by atoms with Gasteiger partial charge in [-0.25, -0.2) is 9.97 Å². The lowest BCUT2D eigenvalue weighted by molar-refractivity contribution is -0.128. The van der Waals surface area contributed by atoms with Gasteiger partial charge < -0.3 is 5.73 Å². The fraction of sp³-hybridized carbons (Fsp3) is 0.556. The molecular formula is C9H12F3N3. The summed E-state index contributed by atoms with van der Waals surface area (Å²) in [7, 11) is 0. The third-order valence-corrected chi connectivity index (χ3v) is 1.76. The number of hydrogen-bond donors (Lipinski definition) is 1. The number of aromatic nitrogens is 2. The van der Waals surface area contributed by atoms with Gasteiger partial charge in [0, 0.05) is 11.8 Å². The topological polar surface area (TPSA) is 51.8 Å². The van der Waals surface area contributed by atoms with Crippen LogP contribution in [0.15, 0.2) is 6.07 Å². The maximum Gasteiger partial charge on any atom is 0.396 e. The highest BCUT2D eigenvalue weighted by Crippen LogP contribution is 2.21. The lowest BCUT2D eigenvalue weighted by Gasteiger charge is -2.09. The van der Waals surface area contributed by atoms with Crippen LogP contribution in [0.3, 0.4) is 0 Å². The van der Waals surface area contributed by atoms with Crippen molar-refractivity contribution in [2.45, 2.75) is 32.4 Å². The van der Waals surface area contributed by atoms with E-state index in [1.165, 1.54) is 6.07 Å². The zero-order valence-corrected chi connectivity index (χ0v) is 8.47. The van der Waals surface area contributed by atoms with Crippen molar-refractivity contribution in [3.8, 4) is 0 Å². The SMILES string of the molecule is CC(C)c1cc(N)nc(CC(F)(F)F)n1. The third-order valence-electron chi connectivity index (χ3n) is 1.76. The van der Waals surface area contributed by atoms with E-state index in [0.29, 0.717) is 5.69 Å². The Morgan fingerprint density at radius 1 is 1.33 bits per heavy atom. The average Bonchev–Trinajstić information content (AvgIpc) is 1.99. The van der Waals surface area contributed by atoms with E-state index in [1.807, 2.05) is 13.8 Å². The van der Waals surface area contributed by atoms with E-state index in [1.54, 1.807) is 0 Å². The lowest BCUT2D eigenvalue weighted by Crippen LogP contribution is -2.16. The summed E-state index contributed by atoms with van der Waals surface area (Å²) in [6.45, 7) is 3.66. The van der Waals surface area contributed by atoms with Gasteiger partial charge in [0.15, 0.2) is 0 Å². The zero-order valence-electron chi connectivity index (χ0n) is 8.47. The molecule has 3 nitrogen and oxygen atoms in total. The van der Waals surface area contributed by atoms with E-state index < -0.39 is 12.6 Å². The maximum atomic E-state index is 12.1. The monoisotopic (exact) mass is 219 g/mol. The highest BCUT2D eigenvalue weighted by Gasteiger charge is 2.29. The molecule has 0 amide bonds. The first-order valence-corrected chi connectivity index (χ1v) is 4.48. The van der Waals surface area contributed by atoms with Gasteiger partial charge in [-0.15, -0.1) is 0 Å². The molecule has 1 rings (SSSR count). The van der Waals surface area contributed by atoms with Gasteiger partial charge in [-0.2, -0.15) is 13.2 Å². The van der Waals surface area contributed by atoms with Crippen molar-refractivity contribution in [2.75, 3.05) is 5.73 Å². The minimum atomic E-state index is -4.30. The van der Waals surface area contributed by atoms with Gasteiger partial charge in [0.2, 0.25) is 0 Å². The Balaban J connectivity index is 2.99. The maximum absolute atomic E-state index is 12.1. The third kappa shape index (κ3) is 3.73. The summed E-state index contributed by atoms with van der Waals surface area (Å²) >= 11 is 0. The molecule has 0 unspecified atom stereocenters. The molecule has 2 N–H and O–H groups in total. The fourth-order valence-corrected chi connectivity index (χ4v) is 1.09. The highest BCUT2D eigenvalue weighted by atomic mass is 19.4. The van der Waals surface area contributed by atoms with Crippen LogP contribution in [0.2, 0.25) is 0 Å². The van der Waals surface area contributed by atoms with Gasteiger partial charge >= 0.3 is 6.18 Å². The molecule has 0 bridgehead atoms. The van der Waals surface area contributed by atoms with Crippen molar-refractivity contribution >= 4 is 5.82 Å². The zero-order chi connectivity index (χ0) is 11.6. The standard InChI is InChI=1S/C9H12F3N3/c1-5(2)6-3-7(13)15-8(14-6)4-9(10,11)12/h3,5H,4H2,1-2H3,(H2,13,14,15). The van der Waals surface area contributed by atoms with Crippen molar-refractivity contribution in [3.63, 3.8) is 0 Å². The number of rotatable bonds is 2. The Kier molecular flexibility index (Phi) is 3.16. The molecule has 84 valence electrons. The van der Waals surface area contributed by atoms with Crippen LogP contribution < -0.4 is 5.73 Å². The van der Waals surface area contributed by atoms with Crippen LogP contribution in [0.25, 0.3) is 0 Å². The molecular weight excluding hydrogens is 207 g/mol. The number of nitrogen functional groups attached to an aromatic ring is 1. The van der Waals surface area contributed by atoms with E-state index in [-0.39, 0.29) is 17.6 Å². The molecule has 0 fully saturated rings. The molecule has 0 aliphatic carbocycles. The van der Waals surface area contributed by atoms with Crippen molar-refractivity contribution in [3.05, 3.63) is 17.6 Å². The molecule has 0 aliphatic heterocycles. The van der Waals surface area contributed by atoms with E-state index in [9.17, 15) is 13.2 Å². The Labute approximate surface area is 85.5 Å². The Hall–Kier alpha value is -1.33. The van der Waals surface area contributed by atoms with Crippen LogP contribution in [0, 0.1) is 0 Å². The van der Waals surface area contributed by atoms with Gasteiger partial charge in [-0.3, -0.25) is 0 Å². The first-order chi connectivity index (χ1) is 6.78. The summed E-state index contributed by atoms with van der Waals surface area (Å²) in [5.41, 5.74) is 5.93. The molecule has 0 saturated heterocycles. The smallest absolute Gasteiger partial charge is 0.384 e. The molecule has 0 aliphatic rings. The summed E-state index contributed by atoms with van der Waals surface area (Å²) in [5.74, 6) is -0.165. The largest absolute Gasteiger partial charge is 0.396 e. The lowest BCUT2D eigenvalue weighted by atomic mass is 10.1. The quantitative estimate of drug-likeness (QED) is 0.830. The van der Waals surface area contributed by atoms with Crippen LogP contribution in [0.5, 0.6) is 0 Å². The van der Waals surface area contributed by atoms with Crippen molar-refractivity contribution in [1.29, 1.82) is 0 Å². The second kappa shape index (κ2) is 4.04. The van der Waals surface area contributed by atoms with E-state index in [4.69, 9.17) is 5.73 Å². The summed E-state index contributed by atoms with van der Waals surface area (Å²) in [5, 5.41) is 0. The summed E-state index contributed by atoms with van der Waals surface area (Å²) in [4.78, 5) is 7.36. The molecule has 0 saturated carbocycles. The molecule has 1 heterocycles. The first-order valence-electron chi connectivity index (χ1n) is 4.48. The number of nitrogens with zero attached hydrogens (tertiary/aromatic N) is 2. The van der Waals surface area contributed by atoms with Gasteiger partial charge in [-0.05, 0) is 5.92 Å². The predicted octanol–water partition coefficient (Wildman–Crippen LogP) is 2.29. The van der Waals surface area contributed by atoms with Crippen LogP contribution >= 0.6 is 0 Å². The number of nitrogens with two attached hydrogens (primary N) is 1. The van der Waals surface area contributed by atoms with E-state index >= 15 is 0 Å². The second-order valence-electron chi connectivity index (χ2n) is 3.58. The summed E-state index contributed by atoms with van der Waals surface area (Å²) in [6, 6.07) is 1.49. The number of hydrogen-bond acceptors (Lipinski definition) is 3. The van der Waals surface area contributed by atoms with E-state index in [0.717, 1.165) is 0 Å². The van der Waals surface area contributed by atoms with Crippen LogP contribution in [0.1, 0.15) is 31.3 Å². The van der Waals surface area contributed by atoms with Gasteiger partial charge in [0.1, 0.15) is 18.1 Å². The van der Waals surface area contributed by atoms with Crippen molar-refractivity contribution < 1.29 is 13.2 Å². The fourth-order valence-electron chi connectivity index (χ4n) is 1.09. The number of anilines is 1. The molecule has 1 aromatic heterocycles. The molecule has 0 spiro atoms. The average molecular weight is 219 g/mol. The molecule has 0 aromatic carbocycles. The second-order valence-corrected chi connectivity index (χ2v) is 3.58. The van der Waals surface area contributed by atoms with Gasteiger partial charge in [0.05, 0.1) is 0 Å².